The Kier molecular flexibility index (Phi) is 6.16. The largest absolute Gasteiger partial charge is 0.497 e. The average molecular weight is 395 g/mol. The van der Waals surface area contributed by atoms with Crippen LogP contribution in [-0.4, -0.2) is 29.7 Å². The lowest BCUT2D eigenvalue weighted by Gasteiger charge is -2.09. The predicted octanol–water partition coefficient (Wildman–Crippen LogP) is 3.41. The molecule has 0 saturated heterocycles. The van der Waals surface area contributed by atoms with Gasteiger partial charge in [0.1, 0.15) is 10.8 Å². The number of fused-ring (bicyclic) bond motifs is 1. The molecular formula is C21H21N3O3S. The number of amides is 2. The summed E-state index contributed by atoms with van der Waals surface area (Å²) in [4.78, 5) is 28.8. The molecule has 0 unspecified atom stereocenters. The summed E-state index contributed by atoms with van der Waals surface area (Å²) < 4.78 is 5.05. The highest BCUT2D eigenvalue weighted by Crippen LogP contribution is 2.24. The molecular weight excluding hydrogens is 374 g/mol. The van der Waals surface area contributed by atoms with Crippen LogP contribution in [0.25, 0.3) is 10.9 Å². The van der Waals surface area contributed by atoms with E-state index in [0.717, 1.165) is 27.1 Å². The highest BCUT2D eigenvalue weighted by Gasteiger charge is 2.10. The van der Waals surface area contributed by atoms with Crippen molar-refractivity contribution in [3.8, 4) is 5.75 Å². The number of pyridine rings is 1. The fourth-order valence-corrected chi connectivity index (χ4v) is 3.41. The van der Waals surface area contributed by atoms with Crippen LogP contribution in [0.1, 0.15) is 21.5 Å². The lowest BCUT2D eigenvalue weighted by Crippen LogP contribution is -2.42. The molecule has 3 rings (SSSR count). The molecule has 28 heavy (non-hydrogen) atoms. The Morgan fingerprint density at radius 3 is 2.50 bits per heavy atom. The van der Waals surface area contributed by atoms with Crippen LogP contribution >= 0.6 is 11.8 Å². The van der Waals surface area contributed by atoms with Crippen LogP contribution in [0, 0.1) is 13.8 Å². The number of carbonyl (C=O) groups is 2. The van der Waals surface area contributed by atoms with E-state index in [4.69, 9.17) is 4.74 Å². The molecule has 0 aliphatic carbocycles. The molecule has 0 bridgehead atoms. The van der Waals surface area contributed by atoms with Crippen LogP contribution in [0.5, 0.6) is 5.75 Å². The maximum atomic E-state index is 12.1. The molecule has 1 aromatic heterocycles. The molecule has 3 aromatic rings. The monoisotopic (exact) mass is 395 g/mol. The zero-order valence-electron chi connectivity index (χ0n) is 15.9. The lowest BCUT2D eigenvalue weighted by molar-refractivity contribution is -0.119. The Labute approximate surface area is 167 Å². The number of nitrogens with one attached hydrogen (secondary N) is 2. The number of rotatable bonds is 5. The van der Waals surface area contributed by atoms with Crippen molar-refractivity contribution in [2.24, 2.45) is 0 Å². The lowest BCUT2D eigenvalue weighted by atomic mass is 10.1. The van der Waals surface area contributed by atoms with Gasteiger partial charge < -0.3 is 4.74 Å². The molecule has 0 aliphatic heterocycles. The number of aromatic nitrogens is 1. The Morgan fingerprint density at radius 2 is 1.79 bits per heavy atom. The number of hydrogen-bond donors (Lipinski definition) is 2. The van der Waals surface area contributed by atoms with E-state index in [0.29, 0.717) is 11.3 Å². The summed E-state index contributed by atoms with van der Waals surface area (Å²) in [7, 11) is 1.56. The van der Waals surface area contributed by atoms with Crippen LogP contribution in [0.2, 0.25) is 0 Å². The van der Waals surface area contributed by atoms with Crippen molar-refractivity contribution in [1.29, 1.82) is 0 Å². The van der Waals surface area contributed by atoms with E-state index < -0.39 is 5.91 Å². The smallest absolute Gasteiger partial charge is 0.269 e. The van der Waals surface area contributed by atoms with Crippen molar-refractivity contribution in [3.05, 3.63) is 65.2 Å². The second-order valence-electron chi connectivity index (χ2n) is 6.33. The molecule has 0 radical (unpaired) electrons. The van der Waals surface area contributed by atoms with Crippen molar-refractivity contribution in [3.63, 3.8) is 0 Å². The van der Waals surface area contributed by atoms with Crippen LogP contribution < -0.4 is 15.6 Å². The first-order valence-corrected chi connectivity index (χ1v) is 9.69. The zero-order valence-corrected chi connectivity index (χ0v) is 16.7. The molecule has 144 valence electrons. The number of aryl methyl sites for hydroxylation is 2. The van der Waals surface area contributed by atoms with E-state index in [9.17, 15) is 9.59 Å². The Balaban J connectivity index is 1.55. The Morgan fingerprint density at radius 1 is 1.04 bits per heavy atom. The van der Waals surface area contributed by atoms with Crippen molar-refractivity contribution in [2.45, 2.75) is 18.9 Å². The van der Waals surface area contributed by atoms with E-state index in [1.807, 2.05) is 26.0 Å². The third-order valence-electron chi connectivity index (χ3n) is 4.12. The van der Waals surface area contributed by atoms with Gasteiger partial charge in [0.25, 0.3) is 5.91 Å². The maximum Gasteiger partial charge on any atom is 0.269 e. The molecule has 0 fully saturated rings. The topological polar surface area (TPSA) is 80.3 Å². The van der Waals surface area contributed by atoms with E-state index in [1.54, 1.807) is 31.4 Å². The zero-order chi connectivity index (χ0) is 20.1. The van der Waals surface area contributed by atoms with E-state index in [1.165, 1.54) is 11.8 Å². The van der Waals surface area contributed by atoms with E-state index in [2.05, 4.69) is 28.0 Å². The van der Waals surface area contributed by atoms with Gasteiger partial charge in [-0.05, 0) is 61.4 Å². The number of hydrogen-bond acceptors (Lipinski definition) is 5. The number of ether oxygens (including phenoxy) is 1. The minimum Gasteiger partial charge on any atom is -0.497 e. The first kappa shape index (κ1) is 19.7. The second kappa shape index (κ2) is 8.75. The van der Waals surface area contributed by atoms with Gasteiger partial charge in [-0.15, -0.1) is 0 Å². The second-order valence-corrected chi connectivity index (χ2v) is 7.29. The quantitative estimate of drug-likeness (QED) is 0.511. The van der Waals surface area contributed by atoms with Crippen molar-refractivity contribution >= 4 is 34.5 Å². The summed E-state index contributed by atoms with van der Waals surface area (Å²) in [6.07, 6.45) is 0. The van der Waals surface area contributed by atoms with Gasteiger partial charge >= 0.3 is 0 Å². The predicted molar refractivity (Wildman–Crippen MR) is 111 cm³/mol. The Hall–Kier alpha value is -3.06. The first-order valence-electron chi connectivity index (χ1n) is 8.70. The van der Waals surface area contributed by atoms with Crippen molar-refractivity contribution < 1.29 is 14.3 Å². The minimum atomic E-state index is -0.392. The fourth-order valence-electron chi connectivity index (χ4n) is 2.62. The number of hydrazine groups is 1. The summed E-state index contributed by atoms with van der Waals surface area (Å²) in [5.74, 6) is 0.105. The number of methoxy groups -OCH3 is 1. The molecule has 0 aliphatic rings. The summed E-state index contributed by atoms with van der Waals surface area (Å²) in [5.41, 5.74) is 8.32. The molecule has 0 saturated carbocycles. The van der Waals surface area contributed by atoms with Crippen LogP contribution in [0.3, 0.4) is 0 Å². The third-order valence-corrected chi connectivity index (χ3v) is 5.22. The van der Waals surface area contributed by atoms with Crippen LogP contribution in [0.4, 0.5) is 0 Å². The maximum absolute atomic E-state index is 12.1. The molecule has 0 spiro atoms. The van der Waals surface area contributed by atoms with Crippen LogP contribution in [0.15, 0.2) is 53.6 Å². The van der Waals surface area contributed by atoms with Gasteiger partial charge in [0.2, 0.25) is 5.91 Å². The summed E-state index contributed by atoms with van der Waals surface area (Å²) in [6.45, 7) is 3.99. The molecule has 6 nitrogen and oxygen atoms in total. The van der Waals surface area contributed by atoms with E-state index >= 15 is 0 Å². The normalized spacial score (nSPS) is 10.5. The van der Waals surface area contributed by atoms with Gasteiger partial charge in [0.15, 0.2) is 0 Å². The number of benzene rings is 2. The standard InChI is InChI=1S/C21H21N3O3S/c1-13-4-5-16-11-14(2)21(22-18(16)10-13)28-12-19(25)23-24-20(26)15-6-8-17(27-3)9-7-15/h4-11H,12H2,1-3H3,(H,23,25)(H,24,26). The molecule has 2 N–H and O–H groups in total. The minimum absolute atomic E-state index is 0.147. The average Bonchev–Trinajstić information content (AvgIpc) is 2.70. The van der Waals surface area contributed by atoms with Gasteiger partial charge in [-0.2, -0.15) is 0 Å². The first-order chi connectivity index (χ1) is 13.5. The highest BCUT2D eigenvalue weighted by atomic mass is 32.2. The third kappa shape index (κ3) is 4.80. The highest BCUT2D eigenvalue weighted by molar-refractivity contribution is 7.99. The Bertz CT molecular complexity index is 1020. The van der Waals surface area contributed by atoms with E-state index in [-0.39, 0.29) is 11.7 Å². The fraction of sp³-hybridized carbons (Fsp3) is 0.190. The molecule has 2 amide bonds. The van der Waals surface area contributed by atoms with Gasteiger partial charge in [-0.1, -0.05) is 23.9 Å². The van der Waals surface area contributed by atoms with Crippen molar-refractivity contribution in [1.82, 2.24) is 15.8 Å². The molecule has 7 heteroatoms. The number of thioether (sulfide) groups is 1. The molecule has 1 heterocycles. The number of nitrogens with zero attached hydrogens (tertiary/aromatic N) is 1. The summed E-state index contributed by atoms with van der Waals surface area (Å²) >= 11 is 1.34. The summed E-state index contributed by atoms with van der Waals surface area (Å²) in [5, 5.41) is 1.87. The van der Waals surface area contributed by atoms with Gasteiger partial charge in [0, 0.05) is 10.9 Å². The SMILES string of the molecule is COc1ccc(C(=O)NNC(=O)CSc2nc3cc(C)ccc3cc2C)cc1. The van der Waals surface area contributed by atoms with Gasteiger partial charge in [-0.25, -0.2) is 4.98 Å². The van der Waals surface area contributed by atoms with Crippen LogP contribution in [-0.2, 0) is 4.79 Å². The summed E-state index contributed by atoms with van der Waals surface area (Å²) in [6, 6.07) is 14.8. The van der Waals surface area contributed by atoms with Crippen molar-refractivity contribution in [2.75, 3.05) is 12.9 Å². The molecule has 2 aromatic carbocycles. The van der Waals surface area contributed by atoms with Gasteiger partial charge in [0.05, 0.1) is 18.4 Å². The van der Waals surface area contributed by atoms with Gasteiger partial charge in [-0.3, -0.25) is 20.4 Å². The molecule has 0 atom stereocenters. The number of carbonyl (C=O) groups excluding carboxylic acids is 2.